The molecule has 0 bridgehead atoms. The first-order valence-electron chi connectivity index (χ1n) is 3.99. The van der Waals surface area contributed by atoms with Gasteiger partial charge in [-0.25, -0.2) is 4.68 Å². The summed E-state index contributed by atoms with van der Waals surface area (Å²) in [5, 5.41) is 7.02. The van der Waals surface area contributed by atoms with Crippen molar-refractivity contribution in [1.29, 1.82) is 0 Å². The standard InChI is InChI=1S/C7H11N5O2/c1-4(8)6(13)3-12-2-5(7(9)14)10-11-12/h2,4H,3,8H2,1H3,(H2,9,14). The Hall–Kier alpha value is -1.76. The molecular formula is C7H11N5O2. The number of carbonyl (C=O) groups excluding carboxylic acids is 2. The lowest BCUT2D eigenvalue weighted by molar-refractivity contribution is -0.120. The minimum atomic E-state index is -0.676. The number of carbonyl (C=O) groups is 2. The highest BCUT2D eigenvalue weighted by atomic mass is 16.1. The topological polar surface area (TPSA) is 117 Å². The van der Waals surface area contributed by atoms with E-state index in [9.17, 15) is 9.59 Å². The van der Waals surface area contributed by atoms with E-state index < -0.39 is 11.9 Å². The number of rotatable bonds is 4. The van der Waals surface area contributed by atoms with Gasteiger partial charge in [0.2, 0.25) is 0 Å². The van der Waals surface area contributed by atoms with E-state index in [4.69, 9.17) is 11.5 Å². The van der Waals surface area contributed by atoms with Gasteiger partial charge < -0.3 is 11.5 Å². The molecule has 0 spiro atoms. The second kappa shape index (κ2) is 3.97. The molecule has 0 aliphatic rings. The van der Waals surface area contributed by atoms with E-state index in [1.807, 2.05) is 0 Å². The van der Waals surface area contributed by atoms with Crippen molar-refractivity contribution in [3.05, 3.63) is 11.9 Å². The molecule has 1 rings (SSSR count). The number of aromatic nitrogens is 3. The number of nitrogens with two attached hydrogens (primary N) is 2. The smallest absolute Gasteiger partial charge is 0.270 e. The van der Waals surface area contributed by atoms with Crippen LogP contribution in [0.4, 0.5) is 0 Å². The largest absolute Gasteiger partial charge is 0.364 e. The summed E-state index contributed by atoms with van der Waals surface area (Å²) in [5.74, 6) is -0.865. The van der Waals surface area contributed by atoms with Gasteiger partial charge in [0.1, 0.15) is 6.54 Å². The Balaban J connectivity index is 2.69. The van der Waals surface area contributed by atoms with E-state index >= 15 is 0 Å². The summed E-state index contributed by atoms with van der Waals surface area (Å²) in [5.41, 5.74) is 10.3. The molecule has 0 fully saturated rings. The van der Waals surface area contributed by atoms with Gasteiger partial charge in [-0.1, -0.05) is 5.21 Å². The van der Waals surface area contributed by atoms with Crippen molar-refractivity contribution in [2.45, 2.75) is 19.5 Å². The lowest BCUT2D eigenvalue weighted by Gasteiger charge is -2.02. The van der Waals surface area contributed by atoms with Crippen LogP contribution in [0.25, 0.3) is 0 Å². The third-order valence-electron chi connectivity index (χ3n) is 1.62. The maximum Gasteiger partial charge on any atom is 0.270 e. The predicted octanol–water partition coefficient (Wildman–Crippen LogP) is -1.71. The molecule has 1 aromatic rings. The lowest BCUT2D eigenvalue weighted by Crippen LogP contribution is -2.30. The van der Waals surface area contributed by atoms with Crippen molar-refractivity contribution in [1.82, 2.24) is 15.0 Å². The maximum atomic E-state index is 11.2. The Morgan fingerprint density at radius 1 is 1.64 bits per heavy atom. The molecule has 7 heteroatoms. The number of hydrogen-bond acceptors (Lipinski definition) is 5. The zero-order valence-electron chi connectivity index (χ0n) is 7.67. The summed E-state index contributed by atoms with van der Waals surface area (Å²) in [6, 6.07) is -0.559. The van der Waals surface area contributed by atoms with Crippen molar-refractivity contribution in [3.8, 4) is 0 Å². The molecule has 1 heterocycles. The molecule has 0 aliphatic carbocycles. The van der Waals surface area contributed by atoms with Gasteiger partial charge in [-0.15, -0.1) is 5.10 Å². The van der Waals surface area contributed by atoms with Crippen LogP contribution in [0.15, 0.2) is 6.20 Å². The Bertz CT molecular complexity index is 357. The zero-order chi connectivity index (χ0) is 10.7. The lowest BCUT2D eigenvalue weighted by atomic mass is 10.2. The summed E-state index contributed by atoms with van der Waals surface area (Å²) in [4.78, 5) is 21.8. The fourth-order valence-electron chi connectivity index (χ4n) is 0.792. The first kappa shape index (κ1) is 10.3. The third kappa shape index (κ3) is 2.36. The summed E-state index contributed by atoms with van der Waals surface area (Å²) < 4.78 is 1.23. The van der Waals surface area contributed by atoms with Crippen LogP contribution < -0.4 is 11.5 Å². The molecule has 7 nitrogen and oxygen atoms in total. The highest BCUT2D eigenvalue weighted by molar-refractivity contribution is 5.90. The average Bonchev–Trinajstić information content (AvgIpc) is 2.52. The Morgan fingerprint density at radius 2 is 2.29 bits per heavy atom. The van der Waals surface area contributed by atoms with Crippen molar-refractivity contribution in [2.75, 3.05) is 0 Å². The molecule has 0 aromatic carbocycles. The summed E-state index contributed by atoms with van der Waals surface area (Å²) in [6.07, 6.45) is 1.31. The zero-order valence-corrected chi connectivity index (χ0v) is 7.67. The molecule has 1 atom stereocenters. The molecule has 14 heavy (non-hydrogen) atoms. The second-order valence-electron chi connectivity index (χ2n) is 2.92. The van der Waals surface area contributed by atoms with E-state index in [0.717, 1.165) is 0 Å². The van der Waals surface area contributed by atoms with E-state index in [-0.39, 0.29) is 18.0 Å². The van der Waals surface area contributed by atoms with E-state index in [1.165, 1.54) is 10.9 Å². The van der Waals surface area contributed by atoms with Crippen LogP contribution in [0.5, 0.6) is 0 Å². The van der Waals surface area contributed by atoms with E-state index in [0.29, 0.717) is 0 Å². The molecule has 1 amide bonds. The van der Waals surface area contributed by atoms with Crippen molar-refractivity contribution < 1.29 is 9.59 Å². The fourth-order valence-corrected chi connectivity index (χ4v) is 0.792. The Morgan fingerprint density at radius 3 is 2.71 bits per heavy atom. The molecule has 0 saturated heterocycles. The Labute approximate surface area is 80.1 Å². The first-order valence-corrected chi connectivity index (χ1v) is 3.99. The first-order chi connectivity index (χ1) is 6.50. The van der Waals surface area contributed by atoms with Crippen LogP contribution in [0.1, 0.15) is 17.4 Å². The molecule has 1 unspecified atom stereocenters. The van der Waals surface area contributed by atoms with Crippen LogP contribution in [0.2, 0.25) is 0 Å². The van der Waals surface area contributed by atoms with Gasteiger partial charge in [0, 0.05) is 0 Å². The second-order valence-corrected chi connectivity index (χ2v) is 2.92. The number of Topliss-reactive ketones (excluding diaryl/α,β-unsaturated/α-hetero) is 1. The van der Waals surface area contributed by atoms with Crippen LogP contribution in [0.3, 0.4) is 0 Å². The van der Waals surface area contributed by atoms with E-state index in [2.05, 4.69) is 10.3 Å². The fraction of sp³-hybridized carbons (Fsp3) is 0.429. The monoisotopic (exact) mass is 197 g/mol. The third-order valence-corrected chi connectivity index (χ3v) is 1.62. The molecule has 1 aromatic heterocycles. The molecular weight excluding hydrogens is 186 g/mol. The van der Waals surface area contributed by atoms with Gasteiger partial charge in [-0.05, 0) is 6.92 Å². The van der Waals surface area contributed by atoms with Gasteiger partial charge in [-0.3, -0.25) is 9.59 Å². The van der Waals surface area contributed by atoms with E-state index in [1.54, 1.807) is 6.92 Å². The predicted molar refractivity (Wildman–Crippen MR) is 47.2 cm³/mol. The molecule has 76 valence electrons. The summed E-state index contributed by atoms with van der Waals surface area (Å²) in [7, 11) is 0. The minimum absolute atomic E-state index is 0.00204. The number of hydrogen-bond donors (Lipinski definition) is 2. The molecule has 4 N–H and O–H groups in total. The van der Waals surface area contributed by atoms with Gasteiger partial charge in [0.05, 0.1) is 12.2 Å². The summed E-state index contributed by atoms with van der Waals surface area (Å²) in [6.45, 7) is 1.58. The SMILES string of the molecule is CC(N)C(=O)Cn1cc(C(N)=O)nn1. The van der Waals surface area contributed by atoms with Crippen LogP contribution in [0, 0.1) is 0 Å². The maximum absolute atomic E-state index is 11.2. The Kier molecular flexibility index (Phi) is 2.92. The van der Waals surface area contributed by atoms with Gasteiger partial charge in [0.25, 0.3) is 5.91 Å². The number of primary amides is 1. The van der Waals surface area contributed by atoms with Crippen LogP contribution >= 0.6 is 0 Å². The van der Waals surface area contributed by atoms with Gasteiger partial charge in [-0.2, -0.15) is 0 Å². The van der Waals surface area contributed by atoms with Gasteiger partial charge in [0.15, 0.2) is 11.5 Å². The van der Waals surface area contributed by atoms with Crippen LogP contribution in [-0.2, 0) is 11.3 Å². The quantitative estimate of drug-likeness (QED) is 0.596. The number of ketones is 1. The normalized spacial score (nSPS) is 12.4. The van der Waals surface area contributed by atoms with Crippen molar-refractivity contribution >= 4 is 11.7 Å². The van der Waals surface area contributed by atoms with Crippen LogP contribution in [-0.4, -0.2) is 32.7 Å². The minimum Gasteiger partial charge on any atom is -0.364 e. The molecule has 0 aliphatic heterocycles. The van der Waals surface area contributed by atoms with Crippen molar-refractivity contribution in [2.24, 2.45) is 11.5 Å². The number of nitrogens with zero attached hydrogens (tertiary/aromatic N) is 3. The molecule has 0 radical (unpaired) electrons. The van der Waals surface area contributed by atoms with Crippen molar-refractivity contribution in [3.63, 3.8) is 0 Å². The number of amides is 1. The highest BCUT2D eigenvalue weighted by Gasteiger charge is 2.11. The van der Waals surface area contributed by atoms with Gasteiger partial charge >= 0.3 is 0 Å². The summed E-state index contributed by atoms with van der Waals surface area (Å²) >= 11 is 0. The molecule has 0 saturated carbocycles. The average molecular weight is 197 g/mol. The highest BCUT2D eigenvalue weighted by Crippen LogP contribution is 1.93.